The molecule has 1 rings (SSSR count). The average Bonchev–Trinajstić information content (AvgIpc) is 2.79. The van der Waals surface area contributed by atoms with Crippen LogP contribution in [-0.2, 0) is 9.59 Å². The van der Waals surface area contributed by atoms with Crippen LogP contribution in [0.25, 0.3) is 0 Å². The second-order valence-corrected chi connectivity index (χ2v) is 4.69. The standard InChI is InChI=1S/C12H22N2O3/c1-10(12(17)14-8-3-4-9-14)13(2)7-5-6-11(15)16/h10H,3-9H2,1-2H3,(H,15,16). The van der Waals surface area contributed by atoms with Gasteiger partial charge in [-0.3, -0.25) is 14.5 Å². The third-order valence-corrected chi connectivity index (χ3v) is 3.34. The zero-order valence-electron chi connectivity index (χ0n) is 10.7. The largest absolute Gasteiger partial charge is 0.481 e. The molecule has 5 heteroatoms. The lowest BCUT2D eigenvalue weighted by Crippen LogP contribution is -2.44. The minimum atomic E-state index is -0.781. The van der Waals surface area contributed by atoms with Crippen molar-refractivity contribution in [3.8, 4) is 0 Å². The first kappa shape index (κ1) is 14.0. The topological polar surface area (TPSA) is 60.9 Å². The number of aliphatic carboxylic acids is 1. The number of carboxylic acid groups (broad SMARTS) is 1. The van der Waals surface area contributed by atoms with Gasteiger partial charge < -0.3 is 10.0 Å². The summed E-state index contributed by atoms with van der Waals surface area (Å²) in [5, 5.41) is 8.55. The zero-order valence-corrected chi connectivity index (χ0v) is 10.7. The molecule has 1 unspecified atom stereocenters. The second-order valence-electron chi connectivity index (χ2n) is 4.69. The fourth-order valence-electron chi connectivity index (χ4n) is 2.06. The highest BCUT2D eigenvalue weighted by Crippen LogP contribution is 2.11. The van der Waals surface area contributed by atoms with Crippen LogP contribution in [-0.4, -0.2) is 59.5 Å². The minimum absolute atomic E-state index is 0.151. The number of likely N-dealkylation sites (tertiary alicyclic amines) is 1. The fourth-order valence-corrected chi connectivity index (χ4v) is 2.06. The van der Waals surface area contributed by atoms with Gasteiger partial charge in [-0.2, -0.15) is 0 Å². The highest BCUT2D eigenvalue weighted by Gasteiger charge is 2.25. The van der Waals surface area contributed by atoms with E-state index in [-0.39, 0.29) is 18.4 Å². The molecule has 0 bridgehead atoms. The molecule has 5 nitrogen and oxygen atoms in total. The number of nitrogens with zero attached hydrogens (tertiary/aromatic N) is 2. The van der Waals surface area contributed by atoms with Crippen LogP contribution < -0.4 is 0 Å². The van der Waals surface area contributed by atoms with Gasteiger partial charge in [0.1, 0.15) is 0 Å². The summed E-state index contributed by atoms with van der Waals surface area (Å²) in [4.78, 5) is 26.3. The van der Waals surface area contributed by atoms with Crippen molar-refractivity contribution in [2.75, 3.05) is 26.7 Å². The molecule has 1 saturated heterocycles. The van der Waals surface area contributed by atoms with Crippen LogP contribution in [0.3, 0.4) is 0 Å². The van der Waals surface area contributed by atoms with Gasteiger partial charge in [-0.25, -0.2) is 0 Å². The highest BCUT2D eigenvalue weighted by molar-refractivity contribution is 5.81. The van der Waals surface area contributed by atoms with E-state index in [0.717, 1.165) is 25.9 Å². The normalized spacial score (nSPS) is 17.5. The van der Waals surface area contributed by atoms with Crippen LogP contribution in [0, 0.1) is 0 Å². The number of carboxylic acids is 1. The molecule has 1 heterocycles. The lowest BCUT2D eigenvalue weighted by molar-refractivity contribution is -0.137. The lowest BCUT2D eigenvalue weighted by atomic mass is 10.2. The molecule has 1 fully saturated rings. The van der Waals surface area contributed by atoms with Crippen molar-refractivity contribution < 1.29 is 14.7 Å². The summed E-state index contributed by atoms with van der Waals surface area (Å²) in [6.45, 7) is 4.27. The molecule has 98 valence electrons. The van der Waals surface area contributed by atoms with Crippen molar-refractivity contribution in [2.24, 2.45) is 0 Å². The van der Waals surface area contributed by atoms with Crippen LogP contribution >= 0.6 is 0 Å². The van der Waals surface area contributed by atoms with Gasteiger partial charge in [0, 0.05) is 19.5 Å². The monoisotopic (exact) mass is 242 g/mol. The molecule has 0 aromatic heterocycles. The zero-order chi connectivity index (χ0) is 12.8. The third-order valence-electron chi connectivity index (χ3n) is 3.34. The van der Waals surface area contributed by atoms with E-state index in [1.165, 1.54) is 0 Å². The first-order valence-corrected chi connectivity index (χ1v) is 6.23. The molecule has 0 aromatic carbocycles. The SMILES string of the molecule is CC(C(=O)N1CCCC1)N(C)CCCC(=O)O. The molecular weight excluding hydrogens is 220 g/mol. The van der Waals surface area contributed by atoms with E-state index in [2.05, 4.69) is 0 Å². The Bertz CT molecular complexity index is 275. The van der Waals surface area contributed by atoms with E-state index in [0.29, 0.717) is 13.0 Å². The number of carbonyl (C=O) groups excluding carboxylic acids is 1. The van der Waals surface area contributed by atoms with Crippen molar-refractivity contribution in [1.82, 2.24) is 9.80 Å². The molecule has 0 aromatic rings. The Balaban J connectivity index is 2.31. The number of carbonyl (C=O) groups is 2. The van der Waals surface area contributed by atoms with E-state index >= 15 is 0 Å². The number of amides is 1. The summed E-state index contributed by atoms with van der Waals surface area (Å²) >= 11 is 0. The van der Waals surface area contributed by atoms with Gasteiger partial charge in [-0.05, 0) is 39.8 Å². The first-order valence-electron chi connectivity index (χ1n) is 6.23. The van der Waals surface area contributed by atoms with Gasteiger partial charge in [-0.15, -0.1) is 0 Å². The van der Waals surface area contributed by atoms with Gasteiger partial charge in [0.25, 0.3) is 0 Å². The van der Waals surface area contributed by atoms with Crippen LogP contribution in [0.1, 0.15) is 32.6 Å². The van der Waals surface area contributed by atoms with E-state index in [1.807, 2.05) is 23.8 Å². The second kappa shape index (κ2) is 6.59. The quantitative estimate of drug-likeness (QED) is 0.748. The Hall–Kier alpha value is -1.10. The molecule has 1 atom stereocenters. The van der Waals surface area contributed by atoms with E-state index in [4.69, 9.17) is 5.11 Å². The van der Waals surface area contributed by atoms with Crippen LogP contribution in [0.5, 0.6) is 0 Å². The van der Waals surface area contributed by atoms with Gasteiger partial charge in [0.2, 0.25) is 5.91 Å². The van der Waals surface area contributed by atoms with Crippen molar-refractivity contribution in [2.45, 2.75) is 38.6 Å². The van der Waals surface area contributed by atoms with Gasteiger partial charge in [0.05, 0.1) is 6.04 Å². The maximum Gasteiger partial charge on any atom is 0.303 e. The predicted molar refractivity (Wildman–Crippen MR) is 64.8 cm³/mol. The van der Waals surface area contributed by atoms with Crippen molar-refractivity contribution >= 4 is 11.9 Å². The Kier molecular flexibility index (Phi) is 5.41. The van der Waals surface area contributed by atoms with Crippen LogP contribution in [0.2, 0.25) is 0 Å². The fraction of sp³-hybridized carbons (Fsp3) is 0.833. The number of hydrogen-bond acceptors (Lipinski definition) is 3. The third kappa shape index (κ3) is 4.34. The smallest absolute Gasteiger partial charge is 0.303 e. The predicted octanol–water partition coefficient (Wildman–Crippen LogP) is 0.794. The molecular formula is C12H22N2O3. The van der Waals surface area contributed by atoms with E-state index in [9.17, 15) is 9.59 Å². The highest BCUT2D eigenvalue weighted by atomic mass is 16.4. The summed E-state index contributed by atoms with van der Waals surface area (Å²) < 4.78 is 0. The van der Waals surface area contributed by atoms with E-state index in [1.54, 1.807) is 0 Å². The maximum atomic E-state index is 12.1. The molecule has 1 N–H and O–H groups in total. The Morgan fingerprint density at radius 3 is 2.47 bits per heavy atom. The maximum absolute atomic E-state index is 12.1. The molecule has 1 aliphatic rings. The Morgan fingerprint density at radius 1 is 1.35 bits per heavy atom. The summed E-state index contributed by atoms with van der Waals surface area (Å²) in [6.07, 6.45) is 2.95. The number of likely N-dealkylation sites (N-methyl/N-ethyl adjacent to an activating group) is 1. The van der Waals surface area contributed by atoms with Crippen molar-refractivity contribution in [3.05, 3.63) is 0 Å². The molecule has 17 heavy (non-hydrogen) atoms. The molecule has 0 aliphatic carbocycles. The lowest BCUT2D eigenvalue weighted by Gasteiger charge is -2.27. The summed E-state index contributed by atoms with van der Waals surface area (Å²) in [5.74, 6) is -0.614. The van der Waals surface area contributed by atoms with Crippen molar-refractivity contribution in [1.29, 1.82) is 0 Å². The van der Waals surface area contributed by atoms with E-state index < -0.39 is 5.97 Å². The molecule has 0 radical (unpaired) electrons. The molecule has 0 saturated carbocycles. The van der Waals surface area contributed by atoms with Crippen LogP contribution in [0.4, 0.5) is 0 Å². The van der Waals surface area contributed by atoms with Gasteiger partial charge in [-0.1, -0.05) is 0 Å². The minimum Gasteiger partial charge on any atom is -0.481 e. The Morgan fingerprint density at radius 2 is 1.94 bits per heavy atom. The summed E-state index contributed by atoms with van der Waals surface area (Å²) in [7, 11) is 1.88. The number of rotatable bonds is 6. The average molecular weight is 242 g/mol. The van der Waals surface area contributed by atoms with Gasteiger partial charge in [0.15, 0.2) is 0 Å². The molecule has 1 aliphatic heterocycles. The first-order chi connectivity index (χ1) is 8.02. The Labute approximate surface area is 102 Å². The summed E-state index contributed by atoms with van der Waals surface area (Å²) in [5.41, 5.74) is 0. The molecule has 1 amide bonds. The summed E-state index contributed by atoms with van der Waals surface area (Å²) in [6, 6.07) is -0.151. The van der Waals surface area contributed by atoms with Crippen LogP contribution in [0.15, 0.2) is 0 Å². The number of hydrogen-bond donors (Lipinski definition) is 1. The van der Waals surface area contributed by atoms with Gasteiger partial charge >= 0.3 is 5.97 Å². The molecule has 0 spiro atoms. The van der Waals surface area contributed by atoms with Crippen molar-refractivity contribution in [3.63, 3.8) is 0 Å².